The number of esters is 1. The largest absolute Gasteiger partial charge is 0.467 e. The first kappa shape index (κ1) is 17.8. The molecule has 0 bridgehead atoms. The van der Waals surface area contributed by atoms with Crippen LogP contribution in [0.1, 0.15) is 46.5 Å². The van der Waals surface area contributed by atoms with Crippen LogP contribution in [0.3, 0.4) is 0 Å². The van der Waals surface area contributed by atoms with Crippen molar-refractivity contribution in [3.8, 4) is 0 Å². The van der Waals surface area contributed by atoms with Crippen molar-refractivity contribution in [3.05, 3.63) is 0 Å². The predicted molar refractivity (Wildman–Crippen MR) is 77.7 cm³/mol. The summed E-state index contributed by atoms with van der Waals surface area (Å²) in [6.45, 7) is 5.49. The monoisotopic (exact) mass is 301 g/mol. The first-order valence-electron chi connectivity index (χ1n) is 7.45. The summed E-state index contributed by atoms with van der Waals surface area (Å²) in [5.41, 5.74) is -0.612. The van der Waals surface area contributed by atoms with Gasteiger partial charge in [0, 0.05) is 6.61 Å². The van der Waals surface area contributed by atoms with Crippen LogP contribution in [0.2, 0.25) is 0 Å². The molecule has 2 N–H and O–H groups in total. The molecule has 1 saturated carbocycles. The summed E-state index contributed by atoms with van der Waals surface area (Å²) in [5.74, 6) is -0.137. The van der Waals surface area contributed by atoms with E-state index in [4.69, 9.17) is 14.6 Å². The van der Waals surface area contributed by atoms with E-state index >= 15 is 0 Å². The van der Waals surface area contributed by atoms with Crippen molar-refractivity contribution in [1.82, 2.24) is 5.32 Å². The number of ether oxygens (including phenoxy) is 2. The number of carbonyl (C=O) groups is 2. The van der Waals surface area contributed by atoms with E-state index in [9.17, 15) is 9.59 Å². The number of aliphatic hydroxyl groups is 1. The van der Waals surface area contributed by atoms with Gasteiger partial charge in [-0.15, -0.1) is 0 Å². The second kappa shape index (κ2) is 7.64. The first-order valence-corrected chi connectivity index (χ1v) is 7.45. The number of hydrogen-bond donors (Lipinski definition) is 2. The summed E-state index contributed by atoms with van der Waals surface area (Å²) in [6.07, 6.45) is 2.65. The molecule has 0 saturated heterocycles. The van der Waals surface area contributed by atoms with Crippen molar-refractivity contribution in [2.45, 2.75) is 58.1 Å². The molecule has 0 aromatic heterocycles. The third kappa shape index (κ3) is 5.91. The Morgan fingerprint density at radius 1 is 1.24 bits per heavy atom. The van der Waals surface area contributed by atoms with Crippen LogP contribution in [0.5, 0.6) is 0 Å². The number of amides is 1. The van der Waals surface area contributed by atoms with Crippen LogP contribution < -0.4 is 5.32 Å². The van der Waals surface area contributed by atoms with Gasteiger partial charge in [0.1, 0.15) is 11.6 Å². The SMILES string of the molecule is COC(=O)[C@@H](NC(=O)OC(C)(C)C)C1CCC(CO)CC1. The molecule has 1 rings (SSSR count). The second-order valence-corrected chi connectivity index (χ2v) is 6.61. The number of methoxy groups -OCH3 is 1. The Morgan fingerprint density at radius 2 is 1.81 bits per heavy atom. The van der Waals surface area contributed by atoms with E-state index in [0.29, 0.717) is 5.92 Å². The average Bonchev–Trinajstić information content (AvgIpc) is 2.42. The van der Waals surface area contributed by atoms with Gasteiger partial charge in [0.05, 0.1) is 7.11 Å². The molecule has 0 spiro atoms. The Labute approximate surface area is 126 Å². The van der Waals surface area contributed by atoms with Crippen LogP contribution in [-0.4, -0.2) is 42.5 Å². The van der Waals surface area contributed by atoms with Crippen molar-refractivity contribution in [2.24, 2.45) is 11.8 Å². The fraction of sp³-hybridized carbons (Fsp3) is 0.867. The van der Waals surface area contributed by atoms with E-state index in [1.54, 1.807) is 20.8 Å². The predicted octanol–water partition coefficient (Wildman–Crippen LogP) is 1.85. The highest BCUT2D eigenvalue weighted by atomic mass is 16.6. The zero-order valence-corrected chi connectivity index (χ0v) is 13.3. The Balaban J connectivity index is 2.64. The van der Waals surface area contributed by atoms with Gasteiger partial charge < -0.3 is 19.9 Å². The molecule has 1 amide bonds. The molecule has 1 aliphatic rings. The molecule has 0 aromatic rings. The van der Waals surface area contributed by atoms with Gasteiger partial charge in [0.25, 0.3) is 0 Å². The van der Waals surface area contributed by atoms with Crippen molar-refractivity contribution in [2.75, 3.05) is 13.7 Å². The quantitative estimate of drug-likeness (QED) is 0.774. The first-order chi connectivity index (χ1) is 9.76. The zero-order valence-electron chi connectivity index (χ0n) is 13.3. The molecule has 122 valence electrons. The summed E-state index contributed by atoms with van der Waals surface area (Å²) < 4.78 is 9.99. The number of aliphatic hydroxyl groups excluding tert-OH is 1. The number of nitrogens with one attached hydrogen (secondary N) is 1. The lowest BCUT2D eigenvalue weighted by molar-refractivity contribution is -0.145. The van der Waals surface area contributed by atoms with E-state index in [0.717, 1.165) is 25.7 Å². The highest BCUT2D eigenvalue weighted by molar-refractivity contribution is 5.81. The van der Waals surface area contributed by atoms with Gasteiger partial charge in [0.15, 0.2) is 0 Å². The highest BCUT2D eigenvalue weighted by Gasteiger charge is 2.34. The lowest BCUT2D eigenvalue weighted by atomic mass is 9.79. The molecule has 21 heavy (non-hydrogen) atoms. The van der Waals surface area contributed by atoms with Crippen molar-refractivity contribution in [1.29, 1.82) is 0 Å². The maximum atomic E-state index is 11.9. The number of carbonyl (C=O) groups excluding carboxylic acids is 2. The molecule has 0 heterocycles. The van der Waals surface area contributed by atoms with Crippen LogP contribution in [0, 0.1) is 11.8 Å². The Morgan fingerprint density at radius 3 is 2.24 bits per heavy atom. The lowest BCUT2D eigenvalue weighted by Gasteiger charge is -2.32. The minimum atomic E-state index is -0.690. The zero-order chi connectivity index (χ0) is 16.0. The van der Waals surface area contributed by atoms with Gasteiger partial charge in [-0.25, -0.2) is 9.59 Å². The van der Waals surface area contributed by atoms with E-state index in [1.165, 1.54) is 7.11 Å². The average molecular weight is 301 g/mol. The minimum absolute atomic E-state index is 0.0211. The molecule has 0 aromatic carbocycles. The molecule has 0 radical (unpaired) electrons. The van der Waals surface area contributed by atoms with E-state index < -0.39 is 23.7 Å². The number of rotatable bonds is 4. The summed E-state index contributed by atoms with van der Waals surface area (Å²) in [4.78, 5) is 23.8. The topological polar surface area (TPSA) is 84.9 Å². The number of alkyl carbamates (subject to hydrolysis) is 1. The smallest absolute Gasteiger partial charge is 0.408 e. The maximum Gasteiger partial charge on any atom is 0.408 e. The minimum Gasteiger partial charge on any atom is -0.467 e. The summed E-state index contributed by atoms with van der Waals surface area (Å²) in [5, 5.41) is 11.8. The van der Waals surface area contributed by atoms with Crippen molar-refractivity contribution >= 4 is 12.1 Å². The third-order valence-electron chi connectivity index (χ3n) is 3.75. The molecular weight excluding hydrogens is 274 g/mol. The van der Waals surface area contributed by atoms with Gasteiger partial charge in [-0.3, -0.25) is 0 Å². The lowest BCUT2D eigenvalue weighted by Crippen LogP contribution is -2.49. The summed E-state index contributed by atoms with van der Waals surface area (Å²) in [6, 6.07) is -0.690. The molecule has 0 aliphatic heterocycles. The fourth-order valence-corrected chi connectivity index (χ4v) is 2.63. The van der Waals surface area contributed by atoms with Crippen LogP contribution in [-0.2, 0) is 14.3 Å². The standard InChI is InChI=1S/C15H27NO5/c1-15(2,3)21-14(19)16-12(13(18)20-4)11-7-5-10(9-17)6-8-11/h10-12,17H,5-9H2,1-4H3,(H,16,19)/t10?,11?,12-/m0/s1. The highest BCUT2D eigenvalue weighted by Crippen LogP contribution is 2.31. The van der Waals surface area contributed by atoms with Gasteiger partial charge >= 0.3 is 12.1 Å². The summed E-state index contributed by atoms with van der Waals surface area (Å²) in [7, 11) is 1.31. The van der Waals surface area contributed by atoms with Gasteiger partial charge in [-0.1, -0.05) is 0 Å². The van der Waals surface area contributed by atoms with Crippen LogP contribution in [0.25, 0.3) is 0 Å². The van der Waals surface area contributed by atoms with Crippen LogP contribution in [0.15, 0.2) is 0 Å². The molecule has 6 heteroatoms. The van der Waals surface area contributed by atoms with Gasteiger partial charge in [-0.05, 0) is 58.3 Å². The van der Waals surface area contributed by atoms with E-state index in [1.807, 2.05) is 0 Å². The molecule has 1 atom stereocenters. The Bertz CT molecular complexity index is 356. The van der Waals surface area contributed by atoms with E-state index in [2.05, 4.69) is 5.32 Å². The molecule has 6 nitrogen and oxygen atoms in total. The second-order valence-electron chi connectivity index (χ2n) is 6.61. The van der Waals surface area contributed by atoms with Crippen LogP contribution in [0.4, 0.5) is 4.79 Å². The molecular formula is C15H27NO5. The van der Waals surface area contributed by atoms with E-state index in [-0.39, 0.29) is 12.5 Å². The van der Waals surface area contributed by atoms with Crippen molar-refractivity contribution in [3.63, 3.8) is 0 Å². The fourth-order valence-electron chi connectivity index (χ4n) is 2.63. The Kier molecular flexibility index (Phi) is 6.45. The van der Waals surface area contributed by atoms with Gasteiger partial charge in [0.2, 0.25) is 0 Å². The normalized spacial score (nSPS) is 24.0. The summed E-state index contributed by atoms with van der Waals surface area (Å²) >= 11 is 0. The Hall–Kier alpha value is -1.30. The van der Waals surface area contributed by atoms with Gasteiger partial charge in [-0.2, -0.15) is 0 Å². The third-order valence-corrected chi connectivity index (χ3v) is 3.75. The molecule has 1 aliphatic carbocycles. The number of hydrogen-bond acceptors (Lipinski definition) is 5. The maximum absolute atomic E-state index is 11.9. The van der Waals surface area contributed by atoms with Crippen molar-refractivity contribution < 1.29 is 24.2 Å². The molecule has 0 unspecified atom stereocenters. The van der Waals surface area contributed by atoms with Crippen LogP contribution >= 0.6 is 0 Å². The molecule has 1 fully saturated rings.